The van der Waals surface area contributed by atoms with Crippen LogP contribution >= 0.6 is 22.6 Å². The SMILES string of the molecule is C[C@@H]1CCc2ncnc(N[C@@H](C)CNC(=O)[C@H](N)Cc3ccc(I)cc3)c21. The molecule has 0 aliphatic heterocycles. The van der Waals surface area contributed by atoms with Gasteiger partial charge in [0, 0.05) is 27.4 Å². The molecule has 27 heavy (non-hydrogen) atoms. The van der Waals surface area contributed by atoms with E-state index in [2.05, 4.69) is 50.1 Å². The molecule has 0 unspecified atom stereocenters. The molecule has 0 radical (unpaired) electrons. The van der Waals surface area contributed by atoms with Gasteiger partial charge < -0.3 is 16.4 Å². The van der Waals surface area contributed by atoms with E-state index in [0.29, 0.717) is 18.9 Å². The van der Waals surface area contributed by atoms with Crippen LogP contribution in [0.4, 0.5) is 5.82 Å². The Morgan fingerprint density at radius 2 is 2.07 bits per heavy atom. The molecule has 2 aromatic rings. The van der Waals surface area contributed by atoms with Crippen molar-refractivity contribution in [3.8, 4) is 0 Å². The maximum absolute atomic E-state index is 12.3. The van der Waals surface area contributed by atoms with E-state index < -0.39 is 6.04 Å². The molecule has 1 aliphatic rings. The van der Waals surface area contributed by atoms with Crippen molar-refractivity contribution in [1.29, 1.82) is 0 Å². The van der Waals surface area contributed by atoms with Gasteiger partial charge in [-0.2, -0.15) is 0 Å². The minimum Gasteiger partial charge on any atom is -0.366 e. The Bertz CT molecular complexity index is 795. The summed E-state index contributed by atoms with van der Waals surface area (Å²) in [7, 11) is 0. The van der Waals surface area contributed by atoms with Crippen molar-refractivity contribution >= 4 is 34.3 Å². The summed E-state index contributed by atoms with van der Waals surface area (Å²) in [6.07, 6.45) is 4.26. The second-order valence-electron chi connectivity index (χ2n) is 7.25. The lowest BCUT2D eigenvalue weighted by Crippen LogP contribution is -2.45. The second-order valence-corrected chi connectivity index (χ2v) is 8.50. The monoisotopic (exact) mass is 479 g/mol. The van der Waals surface area contributed by atoms with Crippen LogP contribution in [-0.2, 0) is 17.6 Å². The first-order valence-electron chi connectivity index (χ1n) is 9.32. The largest absolute Gasteiger partial charge is 0.366 e. The number of rotatable bonds is 7. The van der Waals surface area contributed by atoms with Gasteiger partial charge in [0.1, 0.15) is 12.1 Å². The van der Waals surface area contributed by atoms with E-state index in [0.717, 1.165) is 29.9 Å². The first-order valence-corrected chi connectivity index (χ1v) is 10.4. The fourth-order valence-corrected chi connectivity index (χ4v) is 3.76. The quantitative estimate of drug-likeness (QED) is 0.531. The number of nitrogens with two attached hydrogens (primary N) is 1. The lowest BCUT2D eigenvalue weighted by atomic mass is 10.1. The van der Waals surface area contributed by atoms with Crippen molar-refractivity contribution in [1.82, 2.24) is 15.3 Å². The first kappa shape index (κ1) is 20.0. The molecule has 6 nitrogen and oxygen atoms in total. The first-order chi connectivity index (χ1) is 12.9. The standard InChI is InChI=1S/C20H26IN5O/c1-12-3-8-17-18(12)19(25-11-24-17)26-13(2)10-23-20(27)16(22)9-14-4-6-15(21)7-5-14/h4-7,11-13,16H,3,8-10,22H2,1-2H3,(H,23,27)(H,24,25,26)/t12-,13+,16-/m1/s1. The lowest BCUT2D eigenvalue weighted by molar-refractivity contribution is -0.122. The Hall–Kier alpha value is -1.74. The third-order valence-corrected chi connectivity index (χ3v) is 5.66. The Balaban J connectivity index is 1.50. The summed E-state index contributed by atoms with van der Waals surface area (Å²) in [6.45, 7) is 4.72. The zero-order valence-corrected chi connectivity index (χ0v) is 17.9. The lowest BCUT2D eigenvalue weighted by Gasteiger charge is -2.20. The number of hydrogen-bond donors (Lipinski definition) is 3. The van der Waals surface area contributed by atoms with E-state index in [1.807, 2.05) is 31.2 Å². The molecule has 1 aromatic carbocycles. The molecule has 1 aromatic heterocycles. The molecule has 7 heteroatoms. The number of halogens is 1. The summed E-state index contributed by atoms with van der Waals surface area (Å²) in [4.78, 5) is 21.1. The van der Waals surface area contributed by atoms with Crippen LogP contribution in [0, 0.1) is 3.57 Å². The highest BCUT2D eigenvalue weighted by Crippen LogP contribution is 2.35. The van der Waals surface area contributed by atoms with Crippen LogP contribution in [0.3, 0.4) is 0 Å². The van der Waals surface area contributed by atoms with Crippen LogP contribution < -0.4 is 16.4 Å². The van der Waals surface area contributed by atoms with Crippen molar-refractivity contribution in [3.05, 3.63) is 51.0 Å². The van der Waals surface area contributed by atoms with Gasteiger partial charge in [-0.05, 0) is 72.4 Å². The molecule has 0 fully saturated rings. The van der Waals surface area contributed by atoms with Crippen LogP contribution in [0.5, 0.6) is 0 Å². The number of amides is 1. The molecule has 1 aliphatic carbocycles. The predicted molar refractivity (Wildman–Crippen MR) is 116 cm³/mol. The van der Waals surface area contributed by atoms with Gasteiger partial charge in [0.25, 0.3) is 0 Å². The van der Waals surface area contributed by atoms with Crippen molar-refractivity contribution in [2.24, 2.45) is 5.73 Å². The van der Waals surface area contributed by atoms with Crippen LogP contribution in [0.25, 0.3) is 0 Å². The van der Waals surface area contributed by atoms with Gasteiger partial charge in [-0.1, -0.05) is 19.1 Å². The number of anilines is 1. The maximum atomic E-state index is 12.3. The predicted octanol–water partition coefficient (Wildman–Crippen LogP) is 2.62. The van der Waals surface area contributed by atoms with Crippen LogP contribution in [0.1, 0.15) is 43.0 Å². The number of aryl methyl sites for hydroxylation is 1. The van der Waals surface area contributed by atoms with Gasteiger partial charge in [-0.25, -0.2) is 9.97 Å². The Labute approximate surface area is 173 Å². The van der Waals surface area contributed by atoms with Crippen molar-refractivity contribution in [2.45, 2.75) is 51.1 Å². The molecule has 0 saturated heterocycles. The molecule has 4 N–H and O–H groups in total. The fraction of sp³-hybridized carbons (Fsp3) is 0.450. The summed E-state index contributed by atoms with van der Waals surface area (Å²) >= 11 is 2.26. The number of hydrogen-bond acceptors (Lipinski definition) is 5. The molecular formula is C20H26IN5O. The molecule has 3 atom stereocenters. The second kappa shape index (κ2) is 8.97. The molecule has 144 valence electrons. The molecule has 0 saturated carbocycles. The summed E-state index contributed by atoms with van der Waals surface area (Å²) in [6, 6.07) is 7.56. The topological polar surface area (TPSA) is 92.9 Å². The van der Waals surface area contributed by atoms with Crippen molar-refractivity contribution in [2.75, 3.05) is 11.9 Å². The van der Waals surface area contributed by atoms with Crippen molar-refractivity contribution < 1.29 is 4.79 Å². The summed E-state index contributed by atoms with van der Waals surface area (Å²) < 4.78 is 1.17. The number of fused-ring (bicyclic) bond motifs is 1. The van der Waals surface area contributed by atoms with Gasteiger partial charge in [-0.3, -0.25) is 4.79 Å². The summed E-state index contributed by atoms with van der Waals surface area (Å²) in [5.74, 6) is 1.21. The normalized spacial score (nSPS) is 17.9. The number of aromatic nitrogens is 2. The van der Waals surface area contributed by atoms with Crippen molar-refractivity contribution in [3.63, 3.8) is 0 Å². The highest BCUT2D eigenvalue weighted by atomic mass is 127. The zero-order chi connectivity index (χ0) is 19.4. The number of carbonyl (C=O) groups excluding carboxylic acids is 1. The highest BCUT2D eigenvalue weighted by molar-refractivity contribution is 14.1. The number of nitrogens with zero attached hydrogens (tertiary/aromatic N) is 2. The minimum atomic E-state index is -0.555. The van der Waals surface area contributed by atoms with E-state index in [-0.39, 0.29) is 11.9 Å². The molecular weight excluding hydrogens is 453 g/mol. The molecule has 1 heterocycles. The molecule has 0 bridgehead atoms. The average Bonchev–Trinajstić information content (AvgIpc) is 3.03. The third kappa shape index (κ3) is 5.16. The Kier molecular flexibility index (Phi) is 6.64. The maximum Gasteiger partial charge on any atom is 0.237 e. The Morgan fingerprint density at radius 3 is 2.81 bits per heavy atom. The van der Waals surface area contributed by atoms with E-state index in [4.69, 9.17) is 5.73 Å². The Morgan fingerprint density at radius 1 is 1.33 bits per heavy atom. The summed E-state index contributed by atoms with van der Waals surface area (Å²) in [5, 5.41) is 6.36. The smallest absolute Gasteiger partial charge is 0.237 e. The van der Waals surface area contributed by atoms with Gasteiger partial charge in [0.05, 0.1) is 6.04 Å². The number of carbonyl (C=O) groups is 1. The van der Waals surface area contributed by atoms with E-state index in [1.54, 1.807) is 6.33 Å². The van der Waals surface area contributed by atoms with E-state index >= 15 is 0 Å². The zero-order valence-electron chi connectivity index (χ0n) is 15.7. The molecule has 1 amide bonds. The third-order valence-electron chi connectivity index (χ3n) is 4.94. The van der Waals surface area contributed by atoms with Crippen LogP contribution in [-0.4, -0.2) is 34.5 Å². The van der Waals surface area contributed by atoms with E-state index in [9.17, 15) is 4.79 Å². The van der Waals surface area contributed by atoms with E-state index in [1.165, 1.54) is 9.13 Å². The van der Waals surface area contributed by atoms with Crippen LogP contribution in [0.2, 0.25) is 0 Å². The fourth-order valence-electron chi connectivity index (χ4n) is 3.40. The van der Waals surface area contributed by atoms with Gasteiger partial charge in [0.2, 0.25) is 5.91 Å². The average molecular weight is 479 g/mol. The van der Waals surface area contributed by atoms with Crippen LogP contribution in [0.15, 0.2) is 30.6 Å². The number of benzene rings is 1. The van der Waals surface area contributed by atoms with Gasteiger partial charge >= 0.3 is 0 Å². The van der Waals surface area contributed by atoms with Gasteiger partial charge in [-0.15, -0.1) is 0 Å². The number of nitrogens with one attached hydrogen (secondary N) is 2. The molecule has 3 rings (SSSR count). The summed E-state index contributed by atoms with van der Waals surface area (Å²) in [5.41, 5.74) is 9.48. The minimum absolute atomic E-state index is 0.0475. The molecule has 0 spiro atoms. The van der Waals surface area contributed by atoms with Gasteiger partial charge in [0.15, 0.2) is 0 Å². The highest BCUT2D eigenvalue weighted by Gasteiger charge is 2.24.